The van der Waals surface area contributed by atoms with Crippen LogP contribution < -0.4 is 5.73 Å². The molecule has 1 atom stereocenters. The van der Waals surface area contributed by atoms with Crippen LogP contribution in [0.15, 0.2) is 5.38 Å². The minimum Gasteiger partial charge on any atom is -0.368 e. The van der Waals surface area contributed by atoms with Gasteiger partial charge < -0.3 is 5.73 Å². The Bertz CT molecular complexity index is 308. The zero-order chi connectivity index (χ0) is 10.0. The molecule has 0 fully saturated rings. The molecule has 1 heterocycles. The fraction of sp³-hybridized carbons (Fsp3) is 0.500. The average molecular weight is 199 g/mol. The van der Waals surface area contributed by atoms with Crippen molar-refractivity contribution < 1.29 is 4.79 Å². The Labute approximate surface area is 81.4 Å². The van der Waals surface area contributed by atoms with E-state index in [1.54, 1.807) is 4.90 Å². The minimum atomic E-state index is -0.412. The number of hydrogen-bond donors (Lipinski definition) is 1. The second-order valence-electron chi connectivity index (χ2n) is 3.06. The van der Waals surface area contributed by atoms with Gasteiger partial charge in [-0.05, 0) is 21.0 Å². The molecule has 4 nitrogen and oxygen atoms in total. The highest BCUT2D eigenvalue weighted by Gasteiger charge is 2.22. The molecule has 1 rings (SSSR count). The summed E-state index contributed by atoms with van der Waals surface area (Å²) in [4.78, 5) is 17.1. The van der Waals surface area contributed by atoms with Crippen molar-refractivity contribution >= 4 is 17.2 Å². The van der Waals surface area contributed by atoms with Crippen molar-refractivity contribution in [3.8, 4) is 0 Å². The van der Waals surface area contributed by atoms with E-state index in [2.05, 4.69) is 4.98 Å². The lowest BCUT2D eigenvalue weighted by atomic mass is 10.2. The number of thiazole rings is 1. The van der Waals surface area contributed by atoms with Crippen molar-refractivity contribution in [1.82, 2.24) is 9.88 Å². The minimum absolute atomic E-state index is 0.365. The number of likely N-dealkylation sites (N-methyl/N-ethyl adjacent to an activating group) is 1. The molecule has 2 N–H and O–H groups in total. The summed E-state index contributed by atoms with van der Waals surface area (Å²) < 4.78 is 0. The van der Waals surface area contributed by atoms with Gasteiger partial charge in [0.15, 0.2) is 0 Å². The third kappa shape index (κ3) is 2.26. The summed E-state index contributed by atoms with van der Waals surface area (Å²) in [5, 5.41) is 2.81. The number of hydrogen-bond acceptors (Lipinski definition) is 4. The monoisotopic (exact) mass is 199 g/mol. The molecule has 0 saturated heterocycles. The number of primary amides is 1. The number of aromatic nitrogens is 1. The van der Waals surface area contributed by atoms with Crippen molar-refractivity contribution in [2.24, 2.45) is 5.73 Å². The van der Waals surface area contributed by atoms with Crippen LogP contribution in [0.25, 0.3) is 0 Å². The Kier molecular flexibility index (Phi) is 3.00. The van der Waals surface area contributed by atoms with Gasteiger partial charge in [0.1, 0.15) is 6.04 Å². The predicted molar refractivity (Wildman–Crippen MR) is 52.5 cm³/mol. The summed E-state index contributed by atoms with van der Waals surface area (Å²) in [6.45, 7) is 1.90. The summed E-state index contributed by atoms with van der Waals surface area (Å²) in [6, 6.07) is -0.412. The summed E-state index contributed by atoms with van der Waals surface area (Å²) in [7, 11) is 3.62. The molecule has 1 aromatic heterocycles. The highest BCUT2D eigenvalue weighted by atomic mass is 32.1. The van der Waals surface area contributed by atoms with E-state index in [4.69, 9.17) is 5.73 Å². The van der Waals surface area contributed by atoms with Gasteiger partial charge in [-0.2, -0.15) is 0 Å². The number of nitrogens with two attached hydrogens (primary N) is 1. The van der Waals surface area contributed by atoms with Crippen LogP contribution in [-0.2, 0) is 4.79 Å². The maximum Gasteiger partial charge on any atom is 0.241 e. The highest BCUT2D eigenvalue weighted by Crippen LogP contribution is 2.19. The van der Waals surface area contributed by atoms with Crippen LogP contribution in [0.4, 0.5) is 0 Å². The lowest BCUT2D eigenvalue weighted by Gasteiger charge is -2.18. The maximum absolute atomic E-state index is 11.1. The van der Waals surface area contributed by atoms with Gasteiger partial charge in [-0.15, -0.1) is 11.3 Å². The normalized spacial score (nSPS) is 13.2. The third-order valence-corrected chi connectivity index (χ3v) is 2.49. The Morgan fingerprint density at radius 2 is 2.31 bits per heavy atom. The molecule has 0 aromatic carbocycles. The molecule has 0 aliphatic rings. The zero-order valence-electron chi connectivity index (χ0n) is 7.94. The average Bonchev–Trinajstić information content (AvgIpc) is 2.34. The van der Waals surface area contributed by atoms with E-state index in [0.717, 1.165) is 10.7 Å². The fourth-order valence-electron chi connectivity index (χ4n) is 1.17. The first-order valence-corrected chi connectivity index (χ1v) is 4.78. The largest absolute Gasteiger partial charge is 0.368 e. The summed E-state index contributed by atoms with van der Waals surface area (Å²) in [5.74, 6) is -0.365. The Morgan fingerprint density at radius 1 is 1.69 bits per heavy atom. The maximum atomic E-state index is 11.1. The number of carbonyl (C=O) groups excluding carboxylic acids is 1. The third-order valence-electron chi connectivity index (χ3n) is 1.70. The second kappa shape index (κ2) is 3.85. The van der Waals surface area contributed by atoms with Crippen molar-refractivity contribution in [2.75, 3.05) is 14.1 Å². The Morgan fingerprint density at radius 3 is 2.62 bits per heavy atom. The quantitative estimate of drug-likeness (QED) is 0.773. The second-order valence-corrected chi connectivity index (χ2v) is 4.12. The van der Waals surface area contributed by atoms with Crippen molar-refractivity contribution in [3.63, 3.8) is 0 Å². The number of rotatable bonds is 3. The molecule has 0 aliphatic carbocycles. The number of nitrogens with zero attached hydrogens (tertiary/aromatic N) is 2. The van der Waals surface area contributed by atoms with Crippen LogP contribution in [0, 0.1) is 6.92 Å². The van der Waals surface area contributed by atoms with Gasteiger partial charge in [0, 0.05) is 5.38 Å². The fourth-order valence-corrected chi connectivity index (χ4v) is 1.80. The smallest absolute Gasteiger partial charge is 0.241 e. The lowest BCUT2D eigenvalue weighted by molar-refractivity contribution is -0.122. The van der Waals surface area contributed by atoms with Crippen LogP contribution in [0.5, 0.6) is 0 Å². The molecular weight excluding hydrogens is 186 g/mol. The van der Waals surface area contributed by atoms with Crippen LogP contribution in [-0.4, -0.2) is 29.9 Å². The Balaban J connectivity index is 2.95. The first-order chi connectivity index (χ1) is 6.02. The van der Waals surface area contributed by atoms with E-state index in [1.165, 1.54) is 11.3 Å². The summed E-state index contributed by atoms with van der Waals surface area (Å²) in [5.41, 5.74) is 6.00. The van der Waals surface area contributed by atoms with E-state index in [-0.39, 0.29) is 5.91 Å². The van der Waals surface area contributed by atoms with E-state index in [9.17, 15) is 4.79 Å². The van der Waals surface area contributed by atoms with Crippen LogP contribution >= 0.6 is 11.3 Å². The van der Waals surface area contributed by atoms with Gasteiger partial charge in [0.25, 0.3) is 0 Å². The molecule has 0 bridgehead atoms. The molecule has 0 radical (unpaired) electrons. The number of amides is 1. The molecule has 0 saturated carbocycles. The molecule has 72 valence electrons. The van der Waals surface area contributed by atoms with E-state index in [0.29, 0.717) is 0 Å². The lowest BCUT2D eigenvalue weighted by Crippen LogP contribution is -2.33. The number of carbonyl (C=O) groups is 1. The molecular formula is C8H13N3OS. The van der Waals surface area contributed by atoms with E-state index >= 15 is 0 Å². The van der Waals surface area contributed by atoms with Gasteiger partial charge in [0.05, 0.1) is 10.7 Å². The van der Waals surface area contributed by atoms with Gasteiger partial charge in [-0.1, -0.05) is 0 Å². The first kappa shape index (κ1) is 10.1. The SMILES string of the molecule is Cc1nc(C(C(N)=O)N(C)C)cs1. The first-order valence-electron chi connectivity index (χ1n) is 3.90. The molecule has 1 amide bonds. The van der Waals surface area contributed by atoms with Gasteiger partial charge in [0.2, 0.25) is 5.91 Å². The van der Waals surface area contributed by atoms with E-state index in [1.807, 2.05) is 26.4 Å². The van der Waals surface area contributed by atoms with Crippen molar-refractivity contribution in [2.45, 2.75) is 13.0 Å². The molecule has 0 spiro atoms. The van der Waals surface area contributed by atoms with Crippen LogP contribution in [0.2, 0.25) is 0 Å². The van der Waals surface area contributed by atoms with Crippen molar-refractivity contribution in [1.29, 1.82) is 0 Å². The van der Waals surface area contributed by atoms with Crippen LogP contribution in [0.3, 0.4) is 0 Å². The molecule has 5 heteroatoms. The molecule has 1 unspecified atom stereocenters. The van der Waals surface area contributed by atoms with Crippen molar-refractivity contribution in [3.05, 3.63) is 16.1 Å². The summed E-state index contributed by atoms with van der Waals surface area (Å²) >= 11 is 1.52. The van der Waals surface area contributed by atoms with Crippen LogP contribution in [0.1, 0.15) is 16.7 Å². The molecule has 13 heavy (non-hydrogen) atoms. The topological polar surface area (TPSA) is 59.2 Å². The van der Waals surface area contributed by atoms with Gasteiger partial charge >= 0.3 is 0 Å². The Hall–Kier alpha value is -0.940. The van der Waals surface area contributed by atoms with Gasteiger partial charge in [-0.3, -0.25) is 9.69 Å². The summed E-state index contributed by atoms with van der Waals surface area (Å²) in [6.07, 6.45) is 0. The van der Waals surface area contributed by atoms with Gasteiger partial charge in [-0.25, -0.2) is 4.98 Å². The predicted octanol–water partition coefficient (Wildman–Crippen LogP) is 0.540. The number of aryl methyl sites for hydroxylation is 1. The molecule has 0 aliphatic heterocycles. The standard InChI is InChI=1S/C8H13N3OS/c1-5-10-6(4-13-5)7(8(9)12)11(2)3/h4,7H,1-3H3,(H2,9,12). The zero-order valence-corrected chi connectivity index (χ0v) is 8.76. The molecule has 1 aromatic rings. The van der Waals surface area contributed by atoms with E-state index < -0.39 is 6.04 Å². The highest BCUT2D eigenvalue weighted by molar-refractivity contribution is 7.09.